The van der Waals surface area contributed by atoms with Gasteiger partial charge in [-0.25, -0.2) is 4.98 Å². The number of hydrogen-bond acceptors (Lipinski definition) is 5. The summed E-state index contributed by atoms with van der Waals surface area (Å²) in [6.45, 7) is 6.81. The first-order chi connectivity index (χ1) is 23.9. The Kier molecular flexibility index (Phi) is 12.5. The van der Waals surface area contributed by atoms with Crippen LogP contribution in [0.4, 0.5) is 0 Å². The van der Waals surface area contributed by atoms with Crippen molar-refractivity contribution < 1.29 is 14.3 Å². The molecule has 1 amide bonds. The number of nitroso groups, excluding NO2 is 1. The number of fused-ring (bicyclic) bond motifs is 1. The van der Waals surface area contributed by atoms with E-state index in [4.69, 9.17) is 26.1 Å². The second kappa shape index (κ2) is 17.1. The number of carbonyl (C=O) groups excluding carboxylic acids is 1. The van der Waals surface area contributed by atoms with Crippen molar-refractivity contribution in [2.45, 2.75) is 58.8 Å². The summed E-state index contributed by atoms with van der Waals surface area (Å²) in [6, 6.07) is 30.9. The maximum atomic E-state index is 11.7. The SMILES string of the molecule is CC.COCCOc1ccc(-c2ccc(Cl)cc2)c(-c2ccc3cc(-c4ccc(/C(C)=C/C(=O)N=O)cc4C4CCCCC4)ccc3n2)c1. The van der Waals surface area contributed by atoms with Gasteiger partial charge < -0.3 is 9.47 Å². The fourth-order valence-corrected chi connectivity index (χ4v) is 6.64. The van der Waals surface area contributed by atoms with E-state index in [0.717, 1.165) is 68.6 Å². The number of carbonyl (C=O) groups is 1. The van der Waals surface area contributed by atoms with Crippen LogP contribution in [0.15, 0.2) is 102 Å². The highest BCUT2D eigenvalue weighted by Crippen LogP contribution is 2.41. The van der Waals surface area contributed by atoms with Gasteiger partial charge in [-0.1, -0.05) is 93.2 Å². The third kappa shape index (κ3) is 8.69. The van der Waals surface area contributed by atoms with E-state index >= 15 is 0 Å². The molecule has 5 aromatic rings. The van der Waals surface area contributed by atoms with Crippen molar-refractivity contribution in [3.8, 4) is 39.3 Å². The quantitative estimate of drug-likeness (QED) is 0.0836. The van der Waals surface area contributed by atoms with Crippen molar-refractivity contribution >= 4 is 34.0 Å². The van der Waals surface area contributed by atoms with Gasteiger partial charge in [0.25, 0.3) is 0 Å². The molecule has 1 fully saturated rings. The van der Waals surface area contributed by atoms with Gasteiger partial charge in [-0.15, -0.1) is 4.91 Å². The summed E-state index contributed by atoms with van der Waals surface area (Å²) in [7, 11) is 1.66. The first-order valence-electron chi connectivity index (χ1n) is 17.1. The lowest BCUT2D eigenvalue weighted by Crippen LogP contribution is -2.07. The summed E-state index contributed by atoms with van der Waals surface area (Å²) in [6.07, 6.45) is 7.25. The van der Waals surface area contributed by atoms with Crippen molar-refractivity contribution in [1.82, 2.24) is 4.98 Å². The molecule has 49 heavy (non-hydrogen) atoms. The van der Waals surface area contributed by atoms with Crippen molar-refractivity contribution in [2.75, 3.05) is 20.3 Å². The third-order valence-electron chi connectivity index (χ3n) is 8.96. The van der Waals surface area contributed by atoms with Crippen molar-refractivity contribution in [1.29, 1.82) is 0 Å². The molecule has 1 aromatic heterocycles. The summed E-state index contributed by atoms with van der Waals surface area (Å²) in [5, 5.41) is 4.27. The molecule has 0 bridgehead atoms. The molecule has 0 spiro atoms. The number of hydrogen-bond donors (Lipinski definition) is 0. The second-order valence-electron chi connectivity index (χ2n) is 12.1. The van der Waals surface area contributed by atoms with Crippen LogP contribution in [0, 0.1) is 4.91 Å². The minimum Gasteiger partial charge on any atom is -0.491 e. The minimum atomic E-state index is -0.766. The van der Waals surface area contributed by atoms with E-state index in [9.17, 15) is 9.70 Å². The summed E-state index contributed by atoms with van der Waals surface area (Å²) in [5.41, 5.74) is 10.1. The zero-order chi connectivity index (χ0) is 34.8. The Morgan fingerprint density at radius 2 is 1.57 bits per heavy atom. The van der Waals surface area contributed by atoms with Crippen molar-refractivity contribution in [2.24, 2.45) is 5.18 Å². The molecular formula is C42H43ClN2O4. The molecule has 6 nitrogen and oxygen atoms in total. The number of methoxy groups -OCH3 is 1. The van der Waals surface area contributed by atoms with Gasteiger partial charge in [0.05, 0.1) is 17.8 Å². The maximum absolute atomic E-state index is 11.7. The van der Waals surface area contributed by atoms with Crippen LogP contribution < -0.4 is 4.74 Å². The molecule has 0 aliphatic heterocycles. The maximum Gasteiger partial charge on any atom is 0.309 e. The highest BCUT2D eigenvalue weighted by Gasteiger charge is 2.21. The lowest BCUT2D eigenvalue weighted by molar-refractivity contribution is -0.113. The van der Waals surface area contributed by atoms with Crippen LogP contribution in [0.3, 0.4) is 0 Å². The van der Waals surface area contributed by atoms with Crippen LogP contribution in [0.1, 0.15) is 69.9 Å². The predicted octanol–water partition coefficient (Wildman–Crippen LogP) is 11.7. The molecule has 4 aromatic carbocycles. The molecule has 252 valence electrons. The first kappa shape index (κ1) is 35.7. The highest BCUT2D eigenvalue weighted by molar-refractivity contribution is 6.30. The van der Waals surface area contributed by atoms with Gasteiger partial charge in [-0.3, -0.25) is 4.79 Å². The first-order valence-corrected chi connectivity index (χ1v) is 17.4. The third-order valence-corrected chi connectivity index (χ3v) is 9.21. The summed E-state index contributed by atoms with van der Waals surface area (Å²) in [4.78, 5) is 27.6. The van der Waals surface area contributed by atoms with Crippen LogP contribution >= 0.6 is 11.6 Å². The lowest BCUT2D eigenvalue weighted by atomic mass is 9.79. The number of allylic oxidation sites excluding steroid dienone is 1. The molecule has 0 radical (unpaired) electrons. The minimum absolute atomic E-state index is 0.437. The Bertz CT molecular complexity index is 1950. The number of benzene rings is 4. The molecule has 6 rings (SSSR count). The number of amides is 1. The van der Waals surface area contributed by atoms with Gasteiger partial charge in [0.1, 0.15) is 12.4 Å². The largest absolute Gasteiger partial charge is 0.491 e. The Morgan fingerprint density at radius 1 is 0.837 bits per heavy atom. The van der Waals surface area contributed by atoms with Gasteiger partial charge in [-0.05, 0) is 107 Å². The fraction of sp³-hybridized carbons (Fsp3) is 0.286. The number of nitrogens with zero attached hydrogens (tertiary/aromatic N) is 2. The molecule has 0 atom stereocenters. The Labute approximate surface area is 294 Å². The molecule has 0 N–H and O–H groups in total. The average molecular weight is 675 g/mol. The Morgan fingerprint density at radius 3 is 2.31 bits per heavy atom. The van der Waals surface area contributed by atoms with E-state index in [-0.39, 0.29) is 0 Å². The van der Waals surface area contributed by atoms with Gasteiger partial charge in [-0.2, -0.15) is 0 Å². The molecular weight excluding hydrogens is 632 g/mol. The van der Waals surface area contributed by atoms with E-state index < -0.39 is 5.91 Å². The van der Waals surface area contributed by atoms with Crippen LogP contribution in [0.25, 0.3) is 50.0 Å². The van der Waals surface area contributed by atoms with E-state index in [1.807, 2.05) is 63.2 Å². The zero-order valence-electron chi connectivity index (χ0n) is 28.7. The molecule has 0 saturated heterocycles. The molecule has 0 unspecified atom stereocenters. The van der Waals surface area contributed by atoms with Crippen molar-refractivity contribution in [3.05, 3.63) is 118 Å². The van der Waals surface area contributed by atoms with Gasteiger partial charge in [0.15, 0.2) is 0 Å². The van der Waals surface area contributed by atoms with Gasteiger partial charge in [0.2, 0.25) is 0 Å². The Hall–Kier alpha value is -4.65. The van der Waals surface area contributed by atoms with Gasteiger partial charge in [0, 0.05) is 34.3 Å². The zero-order valence-corrected chi connectivity index (χ0v) is 29.4. The smallest absolute Gasteiger partial charge is 0.309 e. The molecule has 7 heteroatoms. The highest BCUT2D eigenvalue weighted by atomic mass is 35.5. The number of halogens is 1. The van der Waals surface area contributed by atoms with Crippen LogP contribution in [0.2, 0.25) is 5.02 Å². The van der Waals surface area contributed by atoms with E-state index in [1.54, 1.807) is 7.11 Å². The standard InChI is InChI=1S/C40H37ClN2O4.C2H6/c1-26(22-40(44)43-45)29-10-16-35(36(24-29)27-6-4-3-5-7-27)30-11-18-38-31(23-30)12-19-39(42-38)37-25-33(47-21-20-46-2)15-17-34(37)28-8-13-32(41)14-9-28;1-2/h8-19,22-25,27H,3-7,20-21H2,1-2H3;1-2H3/b26-22+;. The fourth-order valence-electron chi connectivity index (χ4n) is 6.51. The number of aromatic nitrogens is 1. The summed E-state index contributed by atoms with van der Waals surface area (Å²) in [5.74, 6) is 0.424. The topological polar surface area (TPSA) is 77.9 Å². The predicted molar refractivity (Wildman–Crippen MR) is 202 cm³/mol. The normalized spacial score (nSPS) is 13.4. The number of rotatable bonds is 10. The molecule has 1 heterocycles. The number of ether oxygens (including phenoxy) is 2. The summed E-state index contributed by atoms with van der Waals surface area (Å²) >= 11 is 6.20. The summed E-state index contributed by atoms with van der Waals surface area (Å²) < 4.78 is 11.1. The lowest BCUT2D eigenvalue weighted by Gasteiger charge is -2.25. The van der Waals surface area contributed by atoms with Crippen molar-refractivity contribution in [3.63, 3.8) is 0 Å². The molecule has 1 aliphatic carbocycles. The van der Waals surface area contributed by atoms with E-state index in [1.165, 1.54) is 36.5 Å². The van der Waals surface area contributed by atoms with Crippen LogP contribution in [-0.4, -0.2) is 31.2 Å². The molecule has 1 saturated carbocycles. The molecule has 1 aliphatic rings. The van der Waals surface area contributed by atoms with E-state index in [0.29, 0.717) is 24.2 Å². The van der Waals surface area contributed by atoms with Gasteiger partial charge >= 0.3 is 5.91 Å². The number of pyridine rings is 1. The van der Waals surface area contributed by atoms with Crippen LogP contribution in [0.5, 0.6) is 5.75 Å². The second-order valence-corrected chi connectivity index (χ2v) is 12.5. The van der Waals surface area contributed by atoms with Crippen LogP contribution in [-0.2, 0) is 9.53 Å². The monoisotopic (exact) mass is 674 g/mol. The van der Waals surface area contributed by atoms with E-state index in [2.05, 4.69) is 53.7 Å². The Balaban J connectivity index is 0.00000230. The average Bonchev–Trinajstić information content (AvgIpc) is 3.15.